The van der Waals surface area contributed by atoms with Crippen molar-refractivity contribution in [2.45, 2.75) is 71.3 Å². The van der Waals surface area contributed by atoms with Crippen molar-refractivity contribution < 1.29 is 28.7 Å². The number of ketones is 2. The van der Waals surface area contributed by atoms with Crippen molar-refractivity contribution in [1.82, 2.24) is 5.32 Å². The zero-order chi connectivity index (χ0) is 28.1. The molecule has 0 aromatic heterocycles. The van der Waals surface area contributed by atoms with E-state index in [2.05, 4.69) is 19.2 Å². The van der Waals surface area contributed by atoms with Crippen molar-refractivity contribution in [2.75, 3.05) is 0 Å². The first-order valence-corrected chi connectivity index (χ1v) is 13.8. The van der Waals surface area contributed by atoms with Gasteiger partial charge in [-0.15, -0.1) is 0 Å². The molecule has 206 valence electrons. The summed E-state index contributed by atoms with van der Waals surface area (Å²) in [6.07, 6.45) is 8.15. The van der Waals surface area contributed by atoms with Crippen LogP contribution in [-0.4, -0.2) is 47.3 Å². The minimum absolute atomic E-state index is 0.0385. The smallest absolute Gasteiger partial charge is 0.303 e. The van der Waals surface area contributed by atoms with Gasteiger partial charge in [0.25, 0.3) is 0 Å². The van der Waals surface area contributed by atoms with E-state index in [-0.39, 0.29) is 35.8 Å². The first-order valence-electron chi connectivity index (χ1n) is 13.8. The summed E-state index contributed by atoms with van der Waals surface area (Å²) < 4.78 is 11.7. The summed E-state index contributed by atoms with van der Waals surface area (Å²) in [6.45, 7) is 9.16. The van der Waals surface area contributed by atoms with Crippen LogP contribution in [0.4, 0.5) is 0 Å². The van der Waals surface area contributed by atoms with E-state index in [0.717, 1.165) is 5.56 Å². The third kappa shape index (κ3) is 4.50. The Bertz CT molecular complexity index is 1280. The van der Waals surface area contributed by atoms with Crippen LogP contribution >= 0.6 is 0 Å². The number of carbonyl (C=O) groups is 4. The monoisotopic (exact) mass is 531 g/mol. The third-order valence-electron chi connectivity index (χ3n) is 9.29. The van der Waals surface area contributed by atoms with Crippen molar-refractivity contribution in [3.05, 3.63) is 71.8 Å². The molecule has 3 fully saturated rings. The molecule has 7 nitrogen and oxygen atoms in total. The predicted molar refractivity (Wildman–Crippen MR) is 145 cm³/mol. The lowest BCUT2D eigenvalue weighted by Gasteiger charge is -2.45. The van der Waals surface area contributed by atoms with Crippen LogP contribution in [0.25, 0.3) is 0 Å². The molecule has 1 spiro atoms. The van der Waals surface area contributed by atoms with E-state index in [1.54, 1.807) is 6.92 Å². The SMILES string of the molecule is CC(=O)OC1C(=O)C=CC(=O)C23C(=O)NC(Cc4ccccc4)C2C(C)C2(C)OC2C3C=CCC(C)C=C1C. The van der Waals surface area contributed by atoms with Crippen LogP contribution < -0.4 is 5.32 Å². The molecular weight excluding hydrogens is 494 g/mol. The van der Waals surface area contributed by atoms with Crippen LogP contribution in [0, 0.1) is 29.1 Å². The highest BCUT2D eigenvalue weighted by Gasteiger charge is 2.78. The van der Waals surface area contributed by atoms with Gasteiger partial charge < -0.3 is 14.8 Å². The van der Waals surface area contributed by atoms with Crippen molar-refractivity contribution in [3.63, 3.8) is 0 Å². The van der Waals surface area contributed by atoms with Crippen LogP contribution in [0.15, 0.2) is 66.3 Å². The maximum Gasteiger partial charge on any atom is 0.303 e. The van der Waals surface area contributed by atoms with Crippen molar-refractivity contribution in [3.8, 4) is 0 Å². The fraction of sp³-hybridized carbons (Fsp3) is 0.500. The van der Waals surface area contributed by atoms with Crippen LogP contribution in [0.2, 0.25) is 0 Å². The highest BCUT2D eigenvalue weighted by Crippen LogP contribution is 2.66. The molecule has 1 amide bonds. The fourth-order valence-electron chi connectivity index (χ4n) is 7.30. The quantitative estimate of drug-likeness (QED) is 0.275. The molecule has 5 rings (SSSR count). The van der Waals surface area contributed by atoms with Gasteiger partial charge in [-0.1, -0.05) is 62.4 Å². The Morgan fingerprint density at radius 2 is 1.85 bits per heavy atom. The molecule has 4 aliphatic rings. The van der Waals surface area contributed by atoms with Gasteiger partial charge in [-0.25, -0.2) is 0 Å². The molecule has 2 saturated heterocycles. The van der Waals surface area contributed by atoms with Gasteiger partial charge in [0.05, 0.1) is 11.7 Å². The Morgan fingerprint density at radius 1 is 1.13 bits per heavy atom. The minimum atomic E-state index is -1.41. The van der Waals surface area contributed by atoms with Crippen LogP contribution in [-0.2, 0) is 35.1 Å². The van der Waals surface area contributed by atoms with Gasteiger partial charge >= 0.3 is 5.97 Å². The van der Waals surface area contributed by atoms with Gasteiger partial charge in [-0.2, -0.15) is 0 Å². The number of benzene rings is 1. The van der Waals surface area contributed by atoms with E-state index in [0.29, 0.717) is 18.4 Å². The summed E-state index contributed by atoms with van der Waals surface area (Å²) >= 11 is 0. The zero-order valence-corrected chi connectivity index (χ0v) is 23.2. The average Bonchev–Trinajstić information content (AvgIpc) is 3.50. The lowest BCUT2D eigenvalue weighted by atomic mass is 9.51. The number of hydrogen-bond acceptors (Lipinski definition) is 6. The van der Waals surface area contributed by atoms with Crippen LogP contribution in [0.3, 0.4) is 0 Å². The molecule has 1 aromatic carbocycles. The number of allylic oxidation sites excluding steroid dienone is 3. The maximum absolute atomic E-state index is 14.3. The molecule has 2 heterocycles. The number of esters is 1. The number of hydrogen-bond donors (Lipinski definition) is 1. The van der Waals surface area contributed by atoms with Gasteiger partial charge in [0.15, 0.2) is 11.9 Å². The second-order valence-electron chi connectivity index (χ2n) is 11.8. The molecule has 7 heteroatoms. The van der Waals surface area contributed by atoms with E-state index in [1.165, 1.54) is 19.1 Å². The van der Waals surface area contributed by atoms with Gasteiger partial charge in [-0.05, 0) is 61.8 Å². The summed E-state index contributed by atoms with van der Waals surface area (Å²) in [5, 5.41) is 3.19. The summed E-state index contributed by atoms with van der Waals surface area (Å²) in [4.78, 5) is 53.4. The Hall–Kier alpha value is -3.32. The normalized spacial score (nSPS) is 39.7. The second-order valence-corrected chi connectivity index (χ2v) is 11.8. The van der Waals surface area contributed by atoms with Crippen LogP contribution in [0.5, 0.6) is 0 Å². The van der Waals surface area contributed by atoms with Gasteiger partial charge in [0.2, 0.25) is 11.7 Å². The van der Waals surface area contributed by atoms with Gasteiger partial charge in [0.1, 0.15) is 5.41 Å². The first-order chi connectivity index (χ1) is 18.5. The van der Waals surface area contributed by atoms with Crippen molar-refractivity contribution >= 4 is 23.4 Å². The molecule has 1 aromatic rings. The van der Waals surface area contributed by atoms with E-state index < -0.39 is 40.6 Å². The summed E-state index contributed by atoms with van der Waals surface area (Å²) in [5.74, 6) is -2.68. The summed E-state index contributed by atoms with van der Waals surface area (Å²) in [5.41, 5.74) is -0.177. The Kier molecular flexibility index (Phi) is 7.00. The van der Waals surface area contributed by atoms with Gasteiger partial charge in [0, 0.05) is 24.8 Å². The Labute approximate surface area is 229 Å². The third-order valence-corrected chi connectivity index (χ3v) is 9.29. The molecule has 1 N–H and O–H groups in total. The topological polar surface area (TPSA) is 102 Å². The number of rotatable bonds is 3. The van der Waals surface area contributed by atoms with E-state index in [1.807, 2.05) is 55.5 Å². The molecule has 2 aliphatic carbocycles. The lowest BCUT2D eigenvalue weighted by molar-refractivity contribution is -0.149. The molecule has 2 aliphatic heterocycles. The first kappa shape index (κ1) is 27.3. The van der Waals surface area contributed by atoms with Crippen molar-refractivity contribution in [2.24, 2.45) is 29.1 Å². The van der Waals surface area contributed by atoms with E-state index in [9.17, 15) is 19.2 Å². The molecule has 1 saturated carbocycles. The van der Waals surface area contributed by atoms with E-state index in [4.69, 9.17) is 9.47 Å². The number of fused-ring (bicyclic) bond motifs is 2. The molecule has 9 unspecified atom stereocenters. The number of ether oxygens (including phenoxy) is 2. The fourth-order valence-corrected chi connectivity index (χ4v) is 7.30. The minimum Gasteiger partial charge on any atom is -0.450 e. The number of epoxide rings is 1. The van der Waals surface area contributed by atoms with Crippen molar-refractivity contribution in [1.29, 1.82) is 0 Å². The number of carbonyl (C=O) groups excluding carboxylic acids is 4. The highest BCUT2D eigenvalue weighted by molar-refractivity contribution is 6.15. The lowest BCUT2D eigenvalue weighted by Crippen LogP contribution is -2.58. The molecule has 9 atom stereocenters. The highest BCUT2D eigenvalue weighted by atomic mass is 16.6. The predicted octanol–water partition coefficient (Wildman–Crippen LogP) is 3.92. The Morgan fingerprint density at radius 3 is 2.54 bits per heavy atom. The largest absolute Gasteiger partial charge is 0.450 e. The number of amides is 1. The number of nitrogens with one attached hydrogen (secondary N) is 1. The molecule has 0 radical (unpaired) electrons. The zero-order valence-electron chi connectivity index (χ0n) is 23.2. The van der Waals surface area contributed by atoms with E-state index >= 15 is 0 Å². The average molecular weight is 532 g/mol. The molecule has 0 bridgehead atoms. The summed E-state index contributed by atoms with van der Waals surface area (Å²) in [7, 11) is 0. The molecule has 39 heavy (non-hydrogen) atoms. The van der Waals surface area contributed by atoms with Gasteiger partial charge in [-0.3, -0.25) is 19.2 Å². The molecular formula is C32H37NO6. The van der Waals surface area contributed by atoms with Crippen LogP contribution in [0.1, 0.15) is 46.6 Å². The standard InChI is InChI=1S/C32H37NO6/c1-18-10-9-13-23-29-31(5,39-29)20(3)27-24(17-22-11-7-6-8-12-22)33-30(37)32(23,27)26(36)15-14-25(35)28(19(2)16-18)38-21(4)34/h6-9,11-16,18,20,23-24,27-29H,10,17H2,1-5H3,(H,33,37). The maximum atomic E-state index is 14.3. The Balaban J connectivity index is 1.61. The second kappa shape index (κ2) is 10.0. The summed E-state index contributed by atoms with van der Waals surface area (Å²) in [6, 6.07) is 9.66.